The molecule has 0 radical (unpaired) electrons. The van der Waals surface area contributed by atoms with Crippen molar-refractivity contribution in [2.24, 2.45) is 0 Å². The summed E-state index contributed by atoms with van der Waals surface area (Å²) in [5.74, 6) is 0. The smallest absolute Gasteiger partial charge is 0.273 e. The highest BCUT2D eigenvalue weighted by molar-refractivity contribution is 6.30. The van der Waals surface area contributed by atoms with Crippen LogP contribution in [-0.4, -0.2) is 60.0 Å². The first-order chi connectivity index (χ1) is 10.1. The summed E-state index contributed by atoms with van der Waals surface area (Å²) in [6.07, 6.45) is 0. The normalized spacial score (nSPS) is 21.2. The lowest BCUT2D eigenvalue weighted by molar-refractivity contribution is -0.385. The molecule has 0 spiro atoms. The van der Waals surface area contributed by atoms with E-state index in [9.17, 15) is 10.1 Å². The zero-order chi connectivity index (χ0) is 14.8. The number of nitrogens with one attached hydrogen (secondary N) is 1. The van der Waals surface area contributed by atoms with E-state index in [1.807, 2.05) is 0 Å². The predicted molar refractivity (Wildman–Crippen MR) is 81.6 cm³/mol. The van der Waals surface area contributed by atoms with Crippen molar-refractivity contribution in [1.82, 2.24) is 15.1 Å². The summed E-state index contributed by atoms with van der Waals surface area (Å²) < 4.78 is 0. The Kier molecular flexibility index (Phi) is 4.40. The van der Waals surface area contributed by atoms with Crippen LogP contribution in [-0.2, 0) is 6.54 Å². The number of hydrogen-bond acceptors (Lipinski definition) is 5. The van der Waals surface area contributed by atoms with Gasteiger partial charge in [-0.1, -0.05) is 11.6 Å². The van der Waals surface area contributed by atoms with E-state index in [0.29, 0.717) is 23.2 Å². The van der Waals surface area contributed by atoms with Crippen molar-refractivity contribution in [3.05, 3.63) is 38.9 Å². The highest BCUT2D eigenvalue weighted by Gasteiger charge is 2.33. The fourth-order valence-corrected chi connectivity index (χ4v) is 3.24. The van der Waals surface area contributed by atoms with E-state index < -0.39 is 0 Å². The number of benzene rings is 1. The fraction of sp³-hybridized carbons (Fsp3) is 0.571. The van der Waals surface area contributed by atoms with Crippen LogP contribution in [0.2, 0.25) is 5.02 Å². The third-order valence-electron chi connectivity index (χ3n) is 4.24. The molecule has 1 aromatic carbocycles. The topological polar surface area (TPSA) is 61.7 Å². The SMILES string of the molecule is O=[N+]([O-])c1ccc(Cl)cc1CN1CC(N2CCNCC2)C1. The Morgan fingerprint density at radius 3 is 2.71 bits per heavy atom. The van der Waals surface area contributed by atoms with E-state index in [2.05, 4.69) is 15.1 Å². The van der Waals surface area contributed by atoms with Gasteiger partial charge in [0.1, 0.15) is 0 Å². The Balaban J connectivity index is 1.59. The van der Waals surface area contributed by atoms with Gasteiger partial charge in [-0.25, -0.2) is 0 Å². The van der Waals surface area contributed by atoms with Gasteiger partial charge in [-0.3, -0.25) is 19.9 Å². The maximum Gasteiger partial charge on any atom is 0.273 e. The summed E-state index contributed by atoms with van der Waals surface area (Å²) in [7, 11) is 0. The number of nitro benzene ring substituents is 1. The van der Waals surface area contributed by atoms with Crippen LogP contribution in [0, 0.1) is 10.1 Å². The maximum absolute atomic E-state index is 11.1. The van der Waals surface area contributed by atoms with Gasteiger partial charge in [0.2, 0.25) is 0 Å². The van der Waals surface area contributed by atoms with Gasteiger partial charge in [0.15, 0.2) is 0 Å². The average Bonchev–Trinajstić information content (AvgIpc) is 2.43. The predicted octanol–water partition coefficient (Wildman–Crippen LogP) is 1.34. The summed E-state index contributed by atoms with van der Waals surface area (Å²) in [5.41, 5.74) is 0.858. The minimum atomic E-state index is -0.334. The largest absolute Gasteiger partial charge is 0.314 e. The number of hydrogen-bond donors (Lipinski definition) is 1. The molecule has 0 saturated carbocycles. The lowest BCUT2D eigenvalue weighted by atomic mass is 10.0. The molecular weight excluding hydrogens is 292 g/mol. The summed E-state index contributed by atoms with van der Waals surface area (Å²) in [6, 6.07) is 5.36. The molecule has 2 aliphatic heterocycles. The molecule has 3 rings (SSSR count). The summed E-state index contributed by atoms with van der Waals surface area (Å²) in [5, 5.41) is 15.0. The highest BCUT2D eigenvalue weighted by atomic mass is 35.5. The first kappa shape index (κ1) is 14.7. The molecule has 0 amide bonds. The van der Waals surface area contributed by atoms with Crippen molar-refractivity contribution in [2.75, 3.05) is 39.3 Å². The zero-order valence-electron chi connectivity index (χ0n) is 11.8. The Bertz CT molecular complexity index is 528. The molecule has 1 N–H and O–H groups in total. The van der Waals surface area contributed by atoms with E-state index in [-0.39, 0.29) is 10.6 Å². The van der Waals surface area contributed by atoms with E-state index in [0.717, 1.165) is 39.3 Å². The lowest BCUT2D eigenvalue weighted by Gasteiger charge is -2.46. The van der Waals surface area contributed by atoms with Crippen LogP contribution in [0.5, 0.6) is 0 Å². The molecule has 2 fully saturated rings. The standard InChI is InChI=1S/C14H19ClN4O2/c15-12-1-2-14(19(20)21)11(7-12)8-17-9-13(10-17)18-5-3-16-4-6-18/h1-2,7,13,16H,3-6,8-10H2. The second kappa shape index (κ2) is 6.27. The molecule has 0 aromatic heterocycles. The van der Waals surface area contributed by atoms with Crippen LogP contribution in [0.15, 0.2) is 18.2 Å². The fourth-order valence-electron chi connectivity index (χ4n) is 3.05. The maximum atomic E-state index is 11.1. The third kappa shape index (κ3) is 3.35. The molecule has 0 unspecified atom stereocenters. The molecular formula is C14H19ClN4O2. The second-order valence-corrected chi connectivity index (χ2v) is 6.10. The zero-order valence-corrected chi connectivity index (χ0v) is 12.6. The second-order valence-electron chi connectivity index (χ2n) is 5.66. The van der Waals surface area contributed by atoms with Gasteiger partial charge in [-0.05, 0) is 12.1 Å². The van der Waals surface area contributed by atoms with Gasteiger partial charge in [0.05, 0.1) is 4.92 Å². The monoisotopic (exact) mass is 310 g/mol. The lowest BCUT2D eigenvalue weighted by Crippen LogP contribution is -2.62. The molecule has 114 valence electrons. The Morgan fingerprint density at radius 2 is 2.05 bits per heavy atom. The van der Waals surface area contributed by atoms with Crippen LogP contribution >= 0.6 is 11.6 Å². The van der Waals surface area contributed by atoms with Gasteiger partial charge in [-0.2, -0.15) is 0 Å². The first-order valence-corrected chi connectivity index (χ1v) is 7.61. The third-order valence-corrected chi connectivity index (χ3v) is 4.47. The van der Waals surface area contributed by atoms with E-state index in [1.54, 1.807) is 12.1 Å². The molecule has 1 aromatic rings. The van der Waals surface area contributed by atoms with Crippen LogP contribution in [0.1, 0.15) is 5.56 Å². The summed E-state index contributed by atoms with van der Waals surface area (Å²) >= 11 is 5.96. The van der Waals surface area contributed by atoms with Crippen molar-refractivity contribution in [1.29, 1.82) is 0 Å². The van der Waals surface area contributed by atoms with Crippen LogP contribution < -0.4 is 5.32 Å². The number of piperazine rings is 1. The highest BCUT2D eigenvalue weighted by Crippen LogP contribution is 2.26. The molecule has 2 saturated heterocycles. The summed E-state index contributed by atoms with van der Waals surface area (Å²) in [6.45, 7) is 6.84. The molecule has 2 heterocycles. The van der Waals surface area contributed by atoms with Crippen LogP contribution in [0.3, 0.4) is 0 Å². The summed E-state index contributed by atoms with van der Waals surface area (Å²) in [4.78, 5) is 15.5. The molecule has 0 bridgehead atoms. The van der Waals surface area contributed by atoms with Gasteiger partial charge < -0.3 is 5.32 Å². The molecule has 2 aliphatic rings. The number of halogens is 1. The first-order valence-electron chi connectivity index (χ1n) is 7.23. The van der Waals surface area contributed by atoms with E-state index >= 15 is 0 Å². The number of likely N-dealkylation sites (tertiary alicyclic amines) is 1. The van der Waals surface area contributed by atoms with Crippen molar-refractivity contribution in [3.8, 4) is 0 Å². The van der Waals surface area contributed by atoms with Crippen molar-refractivity contribution < 1.29 is 4.92 Å². The van der Waals surface area contributed by atoms with Crippen molar-refractivity contribution >= 4 is 17.3 Å². The van der Waals surface area contributed by atoms with Gasteiger partial charge in [-0.15, -0.1) is 0 Å². The van der Waals surface area contributed by atoms with Gasteiger partial charge in [0, 0.05) is 68.5 Å². The Morgan fingerprint density at radius 1 is 1.33 bits per heavy atom. The van der Waals surface area contributed by atoms with Crippen LogP contribution in [0.4, 0.5) is 5.69 Å². The average molecular weight is 311 g/mol. The van der Waals surface area contributed by atoms with E-state index in [4.69, 9.17) is 11.6 Å². The molecule has 0 aliphatic carbocycles. The van der Waals surface area contributed by atoms with Gasteiger partial charge in [0.25, 0.3) is 5.69 Å². The number of nitro groups is 1. The van der Waals surface area contributed by atoms with E-state index in [1.165, 1.54) is 6.07 Å². The number of rotatable bonds is 4. The molecule has 21 heavy (non-hydrogen) atoms. The quantitative estimate of drug-likeness (QED) is 0.672. The Hall–Kier alpha value is -1.21. The van der Waals surface area contributed by atoms with Crippen LogP contribution in [0.25, 0.3) is 0 Å². The van der Waals surface area contributed by atoms with Crippen molar-refractivity contribution in [3.63, 3.8) is 0 Å². The Labute approximate surface area is 128 Å². The molecule has 7 heteroatoms. The minimum absolute atomic E-state index is 0.157. The van der Waals surface area contributed by atoms with Crippen molar-refractivity contribution in [2.45, 2.75) is 12.6 Å². The van der Waals surface area contributed by atoms with Gasteiger partial charge >= 0.3 is 0 Å². The molecule has 0 atom stereocenters. The minimum Gasteiger partial charge on any atom is -0.314 e. The molecule has 6 nitrogen and oxygen atoms in total. The number of nitrogens with zero attached hydrogens (tertiary/aromatic N) is 3.